The minimum Gasteiger partial charge on any atom is -0.326 e. The average Bonchev–Trinajstić information content (AvgIpc) is 2.85. The average molecular weight is 309 g/mol. The Morgan fingerprint density at radius 1 is 1.43 bits per heavy atom. The van der Waals surface area contributed by atoms with Crippen molar-refractivity contribution < 1.29 is 8.42 Å². The highest BCUT2D eigenvalue weighted by molar-refractivity contribution is 7.89. The van der Waals surface area contributed by atoms with Crippen molar-refractivity contribution in [2.75, 3.05) is 0 Å². The third kappa shape index (κ3) is 3.29. The lowest BCUT2D eigenvalue weighted by molar-refractivity contribution is 0.553. The molecule has 8 heteroatoms. The SMILES string of the molecule is Cc1ccc(S(=O)(=O)NC(C)c2nncn2C)cc1CN. The molecule has 0 aliphatic rings. The van der Waals surface area contributed by atoms with Crippen molar-refractivity contribution in [1.82, 2.24) is 19.5 Å². The Morgan fingerprint density at radius 2 is 2.14 bits per heavy atom. The van der Waals surface area contributed by atoms with Crippen molar-refractivity contribution >= 4 is 10.0 Å². The Hall–Kier alpha value is -1.77. The van der Waals surface area contributed by atoms with E-state index in [0.717, 1.165) is 11.1 Å². The van der Waals surface area contributed by atoms with Gasteiger partial charge < -0.3 is 10.3 Å². The Balaban J connectivity index is 2.28. The predicted molar refractivity (Wildman–Crippen MR) is 78.8 cm³/mol. The lowest BCUT2D eigenvalue weighted by Gasteiger charge is -2.14. The summed E-state index contributed by atoms with van der Waals surface area (Å²) in [6.07, 6.45) is 1.53. The number of sulfonamides is 1. The normalized spacial score (nSPS) is 13.3. The molecule has 1 heterocycles. The summed E-state index contributed by atoms with van der Waals surface area (Å²) >= 11 is 0. The van der Waals surface area contributed by atoms with E-state index in [1.54, 1.807) is 36.7 Å². The minimum atomic E-state index is -3.64. The van der Waals surface area contributed by atoms with Crippen LogP contribution >= 0.6 is 0 Å². The molecule has 3 N–H and O–H groups in total. The molecule has 0 aliphatic carbocycles. The predicted octanol–water partition coefficient (Wildman–Crippen LogP) is 0.622. The van der Waals surface area contributed by atoms with Crippen LogP contribution in [0.25, 0.3) is 0 Å². The van der Waals surface area contributed by atoms with E-state index >= 15 is 0 Å². The van der Waals surface area contributed by atoms with Gasteiger partial charge in [0.15, 0.2) is 0 Å². The molecular weight excluding hydrogens is 290 g/mol. The zero-order chi connectivity index (χ0) is 15.6. The van der Waals surface area contributed by atoms with E-state index in [-0.39, 0.29) is 4.90 Å². The van der Waals surface area contributed by atoms with Crippen LogP contribution in [0.2, 0.25) is 0 Å². The Labute approximate surface area is 124 Å². The molecule has 0 spiro atoms. The summed E-state index contributed by atoms with van der Waals surface area (Å²) in [5.74, 6) is 0.546. The molecule has 1 aromatic heterocycles. The van der Waals surface area contributed by atoms with Gasteiger partial charge in [-0.2, -0.15) is 0 Å². The first-order valence-corrected chi connectivity index (χ1v) is 7.99. The third-order valence-electron chi connectivity index (χ3n) is 3.32. The van der Waals surface area contributed by atoms with Gasteiger partial charge in [-0.05, 0) is 37.1 Å². The molecule has 0 saturated carbocycles. The van der Waals surface area contributed by atoms with E-state index < -0.39 is 16.1 Å². The first-order valence-electron chi connectivity index (χ1n) is 6.51. The summed E-state index contributed by atoms with van der Waals surface area (Å²) in [6, 6.07) is 4.44. The van der Waals surface area contributed by atoms with Crippen LogP contribution in [-0.4, -0.2) is 23.2 Å². The minimum absolute atomic E-state index is 0.197. The van der Waals surface area contributed by atoms with Gasteiger partial charge in [0.1, 0.15) is 12.2 Å². The van der Waals surface area contributed by atoms with E-state index in [0.29, 0.717) is 12.4 Å². The van der Waals surface area contributed by atoms with Crippen molar-refractivity contribution in [1.29, 1.82) is 0 Å². The maximum absolute atomic E-state index is 12.4. The first kappa shape index (κ1) is 15.6. The second-order valence-corrected chi connectivity index (χ2v) is 6.65. The molecule has 0 fully saturated rings. The lowest BCUT2D eigenvalue weighted by atomic mass is 10.1. The summed E-state index contributed by atoms with van der Waals surface area (Å²) < 4.78 is 29.1. The van der Waals surface area contributed by atoms with Crippen molar-refractivity contribution in [2.24, 2.45) is 12.8 Å². The van der Waals surface area contributed by atoms with Gasteiger partial charge in [-0.25, -0.2) is 13.1 Å². The van der Waals surface area contributed by atoms with Crippen molar-refractivity contribution in [3.8, 4) is 0 Å². The van der Waals surface area contributed by atoms with Gasteiger partial charge in [-0.15, -0.1) is 10.2 Å². The molecule has 0 bridgehead atoms. The molecule has 114 valence electrons. The number of benzene rings is 1. The van der Waals surface area contributed by atoms with Crippen molar-refractivity contribution in [3.05, 3.63) is 41.5 Å². The number of nitrogens with two attached hydrogens (primary N) is 1. The van der Waals surface area contributed by atoms with E-state index in [2.05, 4.69) is 14.9 Å². The van der Waals surface area contributed by atoms with Gasteiger partial charge >= 0.3 is 0 Å². The van der Waals surface area contributed by atoms with Crippen molar-refractivity contribution in [3.63, 3.8) is 0 Å². The van der Waals surface area contributed by atoms with Gasteiger partial charge in [0, 0.05) is 13.6 Å². The summed E-state index contributed by atoms with van der Waals surface area (Å²) in [5.41, 5.74) is 7.40. The maximum Gasteiger partial charge on any atom is 0.241 e. The van der Waals surface area contributed by atoms with Gasteiger partial charge in [0.25, 0.3) is 0 Å². The molecule has 1 unspecified atom stereocenters. The monoisotopic (exact) mass is 309 g/mol. The quantitative estimate of drug-likeness (QED) is 0.843. The van der Waals surface area contributed by atoms with Crippen LogP contribution < -0.4 is 10.5 Å². The summed E-state index contributed by atoms with van der Waals surface area (Å²) in [7, 11) is -1.88. The molecule has 0 radical (unpaired) electrons. The standard InChI is InChI=1S/C13H19N5O2S/c1-9-4-5-12(6-11(9)7-14)21(19,20)17-10(2)13-16-15-8-18(13)3/h4-6,8,10,17H,7,14H2,1-3H3. The maximum atomic E-state index is 12.4. The van der Waals surface area contributed by atoms with Crippen LogP contribution in [0, 0.1) is 6.92 Å². The second kappa shape index (κ2) is 5.92. The highest BCUT2D eigenvalue weighted by atomic mass is 32.2. The molecule has 2 rings (SSSR count). The number of hydrogen-bond donors (Lipinski definition) is 2. The number of aryl methyl sites for hydroxylation is 2. The summed E-state index contributed by atoms with van der Waals surface area (Å²) in [6.45, 7) is 3.92. The molecule has 1 aromatic carbocycles. The fourth-order valence-electron chi connectivity index (χ4n) is 2.07. The molecular formula is C13H19N5O2S. The fraction of sp³-hybridized carbons (Fsp3) is 0.385. The van der Waals surface area contributed by atoms with Crippen LogP contribution in [0.1, 0.15) is 29.9 Å². The molecule has 0 amide bonds. The molecule has 2 aromatic rings. The topological polar surface area (TPSA) is 103 Å². The van der Waals surface area contributed by atoms with Crippen LogP contribution in [0.4, 0.5) is 0 Å². The largest absolute Gasteiger partial charge is 0.326 e. The number of nitrogens with one attached hydrogen (secondary N) is 1. The molecule has 0 aliphatic heterocycles. The molecule has 7 nitrogen and oxygen atoms in total. The van der Waals surface area contributed by atoms with E-state index in [4.69, 9.17) is 5.73 Å². The molecule has 1 atom stereocenters. The first-order chi connectivity index (χ1) is 9.85. The second-order valence-electron chi connectivity index (χ2n) is 4.94. The van der Waals surface area contributed by atoms with Crippen LogP contribution in [0.5, 0.6) is 0 Å². The van der Waals surface area contributed by atoms with Crippen LogP contribution in [0.15, 0.2) is 29.4 Å². The summed E-state index contributed by atoms with van der Waals surface area (Å²) in [5, 5.41) is 7.65. The third-order valence-corrected chi connectivity index (χ3v) is 4.85. The van der Waals surface area contributed by atoms with Gasteiger partial charge in [0.05, 0.1) is 10.9 Å². The number of hydrogen-bond acceptors (Lipinski definition) is 5. The molecule has 0 saturated heterocycles. The van der Waals surface area contributed by atoms with Crippen LogP contribution in [0.3, 0.4) is 0 Å². The highest BCUT2D eigenvalue weighted by Crippen LogP contribution is 2.18. The molecule has 21 heavy (non-hydrogen) atoms. The van der Waals surface area contributed by atoms with E-state index in [1.165, 1.54) is 6.33 Å². The Morgan fingerprint density at radius 3 is 2.71 bits per heavy atom. The number of rotatable bonds is 5. The summed E-state index contributed by atoms with van der Waals surface area (Å²) in [4.78, 5) is 0.197. The van der Waals surface area contributed by atoms with Crippen molar-refractivity contribution in [2.45, 2.75) is 31.3 Å². The highest BCUT2D eigenvalue weighted by Gasteiger charge is 2.21. The van der Waals surface area contributed by atoms with Gasteiger partial charge in [0.2, 0.25) is 10.0 Å². The van der Waals surface area contributed by atoms with E-state index in [9.17, 15) is 8.42 Å². The Kier molecular flexibility index (Phi) is 4.40. The number of aromatic nitrogens is 3. The number of nitrogens with zero attached hydrogens (tertiary/aromatic N) is 3. The lowest BCUT2D eigenvalue weighted by Crippen LogP contribution is -2.28. The van der Waals surface area contributed by atoms with Gasteiger partial charge in [-0.3, -0.25) is 0 Å². The van der Waals surface area contributed by atoms with Gasteiger partial charge in [-0.1, -0.05) is 6.07 Å². The smallest absolute Gasteiger partial charge is 0.241 e. The zero-order valence-electron chi connectivity index (χ0n) is 12.2. The zero-order valence-corrected chi connectivity index (χ0v) is 13.1. The van der Waals surface area contributed by atoms with Crippen LogP contribution in [-0.2, 0) is 23.6 Å². The van der Waals surface area contributed by atoms with E-state index in [1.807, 2.05) is 6.92 Å². The fourth-order valence-corrected chi connectivity index (χ4v) is 3.32. The Bertz CT molecular complexity index is 739.